The smallest absolute Gasteiger partial charge is 0.230 e. The number of nitrogens with one attached hydrogen (secondary N) is 1. The lowest BCUT2D eigenvalue weighted by Gasteiger charge is -2.06. The van der Waals surface area contributed by atoms with E-state index in [0.717, 1.165) is 22.6 Å². The van der Waals surface area contributed by atoms with E-state index in [1.807, 2.05) is 22.9 Å². The summed E-state index contributed by atoms with van der Waals surface area (Å²) in [5.41, 5.74) is 2.22. The van der Waals surface area contributed by atoms with Crippen molar-refractivity contribution in [3.05, 3.63) is 47.2 Å². The fourth-order valence-electron chi connectivity index (χ4n) is 2.24. The topological polar surface area (TPSA) is 80.5 Å². The van der Waals surface area contributed by atoms with Gasteiger partial charge in [0.05, 0.1) is 17.0 Å². The van der Waals surface area contributed by atoms with Crippen LogP contribution in [0.1, 0.15) is 11.4 Å². The van der Waals surface area contributed by atoms with E-state index in [0.29, 0.717) is 5.69 Å². The Bertz CT molecular complexity index is 986. The third kappa shape index (κ3) is 3.43. The van der Waals surface area contributed by atoms with Crippen LogP contribution in [-0.2, 0) is 21.1 Å². The first-order valence-corrected chi connectivity index (χ1v) is 9.62. The largest absolute Gasteiger partial charge is 0.326 e. The molecule has 0 saturated carbocycles. The van der Waals surface area contributed by atoms with E-state index in [2.05, 4.69) is 10.3 Å². The summed E-state index contributed by atoms with van der Waals surface area (Å²) in [4.78, 5) is 17.6. The zero-order chi connectivity index (χ0) is 16.6. The van der Waals surface area contributed by atoms with Gasteiger partial charge in [0, 0.05) is 29.2 Å². The summed E-state index contributed by atoms with van der Waals surface area (Å²) < 4.78 is 25.0. The normalized spacial score (nSPS) is 11.7. The molecule has 0 bridgehead atoms. The Balaban J connectivity index is 1.77. The minimum atomic E-state index is -3.30. The van der Waals surface area contributed by atoms with Gasteiger partial charge >= 0.3 is 0 Å². The number of aromatic nitrogens is 2. The molecule has 1 amide bonds. The number of amides is 1. The van der Waals surface area contributed by atoms with Gasteiger partial charge in [-0.2, -0.15) is 0 Å². The molecule has 0 unspecified atom stereocenters. The number of fused-ring (bicyclic) bond motifs is 1. The van der Waals surface area contributed by atoms with Gasteiger partial charge in [0.25, 0.3) is 0 Å². The lowest BCUT2D eigenvalue weighted by Crippen LogP contribution is -2.15. The first-order valence-electron chi connectivity index (χ1n) is 6.85. The van der Waals surface area contributed by atoms with Gasteiger partial charge in [0.2, 0.25) is 5.91 Å². The van der Waals surface area contributed by atoms with Crippen molar-refractivity contribution in [1.29, 1.82) is 0 Å². The summed E-state index contributed by atoms with van der Waals surface area (Å²) >= 11 is 1.48. The van der Waals surface area contributed by atoms with Crippen molar-refractivity contribution in [1.82, 2.24) is 9.38 Å². The molecular weight excluding hydrogens is 334 g/mol. The SMILES string of the molecule is Cc1cn2c(CC(=O)Nc3cccc(S(C)(=O)=O)c3)csc2n1. The van der Waals surface area contributed by atoms with Crippen LogP contribution in [0.3, 0.4) is 0 Å². The van der Waals surface area contributed by atoms with Gasteiger partial charge in [-0.3, -0.25) is 9.20 Å². The standard InChI is InChI=1S/C15H15N3O3S2/c1-10-8-18-12(9-22-15(18)16-10)7-14(19)17-11-4-3-5-13(6-11)23(2,20)21/h3-6,8-9H,7H2,1-2H3,(H,17,19). The third-order valence-electron chi connectivity index (χ3n) is 3.29. The highest BCUT2D eigenvalue weighted by molar-refractivity contribution is 7.90. The quantitative estimate of drug-likeness (QED) is 0.784. The number of benzene rings is 1. The van der Waals surface area contributed by atoms with Crippen LogP contribution in [-0.4, -0.2) is 30.0 Å². The lowest BCUT2D eigenvalue weighted by molar-refractivity contribution is -0.115. The Morgan fingerprint density at radius 1 is 1.39 bits per heavy atom. The van der Waals surface area contributed by atoms with E-state index in [4.69, 9.17) is 0 Å². The van der Waals surface area contributed by atoms with E-state index in [1.54, 1.807) is 12.1 Å². The molecule has 2 heterocycles. The molecule has 6 nitrogen and oxygen atoms in total. The van der Waals surface area contributed by atoms with Crippen LogP contribution in [0.4, 0.5) is 5.69 Å². The van der Waals surface area contributed by atoms with Gasteiger partial charge in [-0.1, -0.05) is 6.07 Å². The van der Waals surface area contributed by atoms with Gasteiger partial charge < -0.3 is 5.32 Å². The Kier molecular flexibility index (Phi) is 3.95. The minimum absolute atomic E-state index is 0.179. The lowest BCUT2D eigenvalue weighted by atomic mass is 10.3. The number of imidazole rings is 1. The van der Waals surface area contributed by atoms with Crippen molar-refractivity contribution < 1.29 is 13.2 Å². The van der Waals surface area contributed by atoms with E-state index >= 15 is 0 Å². The van der Waals surface area contributed by atoms with Crippen LogP contribution in [0, 0.1) is 6.92 Å². The Labute approximate surface area is 137 Å². The minimum Gasteiger partial charge on any atom is -0.326 e. The molecule has 3 aromatic rings. The first kappa shape index (κ1) is 15.7. The van der Waals surface area contributed by atoms with E-state index < -0.39 is 9.84 Å². The number of rotatable bonds is 4. The number of thiazole rings is 1. The fourth-order valence-corrected chi connectivity index (χ4v) is 3.83. The summed E-state index contributed by atoms with van der Waals surface area (Å²) in [6.45, 7) is 1.90. The monoisotopic (exact) mass is 349 g/mol. The zero-order valence-corrected chi connectivity index (χ0v) is 14.2. The van der Waals surface area contributed by atoms with Crippen molar-refractivity contribution in [3.8, 4) is 0 Å². The molecule has 120 valence electrons. The molecule has 3 rings (SSSR count). The predicted molar refractivity (Wildman–Crippen MR) is 89.7 cm³/mol. The first-order chi connectivity index (χ1) is 10.8. The van der Waals surface area contributed by atoms with Crippen LogP contribution >= 0.6 is 11.3 Å². The number of hydrogen-bond donors (Lipinski definition) is 1. The summed E-state index contributed by atoms with van der Waals surface area (Å²) in [5, 5.41) is 4.63. The van der Waals surface area contributed by atoms with Crippen molar-refractivity contribution in [2.45, 2.75) is 18.2 Å². The van der Waals surface area contributed by atoms with Gasteiger partial charge in [0.15, 0.2) is 14.8 Å². The molecule has 8 heteroatoms. The maximum atomic E-state index is 12.2. The zero-order valence-electron chi connectivity index (χ0n) is 12.6. The molecule has 0 fully saturated rings. The number of carbonyl (C=O) groups excluding carboxylic acids is 1. The fraction of sp³-hybridized carbons (Fsp3) is 0.200. The second-order valence-corrected chi connectivity index (χ2v) is 8.14. The van der Waals surface area contributed by atoms with Crippen LogP contribution in [0.2, 0.25) is 0 Å². The van der Waals surface area contributed by atoms with Gasteiger partial charge in [-0.25, -0.2) is 13.4 Å². The van der Waals surface area contributed by atoms with Gasteiger partial charge in [-0.05, 0) is 25.1 Å². The summed E-state index contributed by atoms with van der Waals surface area (Å²) in [6, 6.07) is 6.23. The van der Waals surface area contributed by atoms with Gasteiger partial charge in [0.1, 0.15) is 0 Å². The Hall–Kier alpha value is -2.19. The van der Waals surface area contributed by atoms with Crippen molar-refractivity contribution in [2.75, 3.05) is 11.6 Å². The highest BCUT2D eigenvalue weighted by atomic mass is 32.2. The molecule has 0 spiro atoms. The maximum absolute atomic E-state index is 12.2. The summed E-state index contributed by atoms with van der Waals surface area (Å²) in [6.07, 6.45) is 3.22. The van der Waals surface area contributed by atoms with Gasteiger partial charge in [-0.15, -0.1) is 11.3 Å². The number of nitrogens with zero attached hydrogens (tertiary/aromatic N) is 2. The van der Waals surface area contributed by atoms with E-state index in [9.17, 15) is 13.2 Å². The van der Waals surface area contributed by atoms with Crippen LogP contribution in [0.25, 0.3) is 4.96 Å². The van der Waals surface area contributed by atoms with Crippen LogP contribution in [0.15, 0.2) is 40.7 Å². The Morgan fingerprint density at radius 2 is 2.17 bits per heavy atom. The van der Waals surface area contributed by atoms with E-state index in [1.165, 1.54) is 23.5 Å². The second kappa shape index (κ2) is 5.78. The van der Waals surface area contributed by atoms with Crippen LogP contribution in [0.5, 0.6) is 0 Å². The van der Waals surface area contributed by atoms with Crippen molar-refractivity contribution in [3.63, 3.8) is 0 Å². The molecular formula is C15H15N3O3S2. The average molecular weight is 349 g/mol. The number of sulfone groups is 1. The van der Waals surface area contributed by atoms with Crippen molar-refractivity contribution >= 4 is 37.7 Å². The molecule has 23 heavy (non-hydrogen) atoms. The summed E-state index contributed by atoms with van der Waals surface area (Å²) in [5.74, 6) is -0.207. The number of aryl methyl sites for hydroxylation is 1. The molecule has 1 N–H and O–H groups in total. The van der Waals surface area contributed by atoms with Crippen molar-refractivity contribution in [2.24, 2.45) is 0 Å². The number of hydrogen-bond acceptors (Lipinski definition) is 5. The summed E-state index contributed by atoms with van der Waals surface area (Å²) in [7, 11) is -3.30. The number of anilines is 1. The molecule has 0 aliphatic rings. The average Bonchev–Trinajstić information content (AvgIpc) is 2.99. The molecule has 0 saturated heterocycles. The molecule has 0 aliphatic heterocycles. The predicted octanol–water partition coefficient (Wildman–Crippen LogP) is 2.29. The number of carbonyl (C=O) groups is 1. The Morgan fingerprint density at radius 3 is 2.91 bits per heavy atom. The third-order valence-corrected chi connectivity index (χ3v) is 5.29. The molecule has 0 aliphatic carbocycles. The highest BCUT2D eigenvalue weighted by Gasteiger charge is 2.12. The van der Waals surface area contributed by atoms with E-state index in [-0.39, 0.29) is 17.2 Å². The molecule has 0 radical (unpaired) electrons. The maximum Gasteiger partial charge on any atom is 0.230 e. The highest BCUT2D eigenvalue weighted by Crippen LogP contribution is 2.18. The second-order valence-electron chi connectivity index (χ2n) is 5.29. The molecule has 0 atom stereocenters. The molecule has 2 aromatic heterocycles. The van der Waals surface area contributed by atoms with Crippen LogP contribution < -0.4 is 5.32 Å². The molecule has 1 aromatic carbocycles.